The molecule has 0 radical (unpaired) electrons. The lowest BCUT2D eigenvalue weighted by atomic mass is 9.98. The number of halogens is 2. The lowest BCUT2D eigenvalue weighted by molar-refractivity contribution is 0.144. The van der Waals surface area contributed by atoms with Crippen molar-refractivity contribution < 1.29 is 5.11 Å². The molecule has 0 bridgehead atoms. The Morgan fingerprint density at radius 1 is 1.08 bits per heavy atom. The van der Waals surface area contributed by atoms with Crippen molar-refractivity contribution in [3.8, 4) is 0 Å². The Balaban J connectivity index is 1.38. The lowest BCUT2D eigenvalue weighted by Crippen LogP contribution is -2.32. The van der Waals surface area contributed by atoms with Crippen molar-refractivity contribution in [3.05, 3.63) is 74.8 Å². The van der Waals surface area contributed by atoms with Gasteiger partial charge in [0.1, 0.15) is 0 Å². The third-order valence-corrected chi connectivity index (χ3v) is 5.74. The SMILES string of the molecule is OC(CCN1CCC2=C(Cc3ccc(Cl)cc32)C1)c1cccc(Cl)c1. The van der Waals surface area contributed by atoms with Crippen LogP contribution in [0.2, 0.25) is 10.0 Å². The Bertz CT molecular complexity index is 830. The van der Waals surface area contributed by atoms with Gasteiger partial charge in [0, 0.05) is 29.7 Å². The Kier molecular flexibility index (Phi) is 4.88. The molecule has 2 aromatic rings. The molecule has 4 rings (SSSR count). The summed E-state index contributed by atoms with van der Waals surface area (Å²) >= 11 is 12.2. The fourth-order valence-electron chi connectivity index (χ4n) is 3.97. The topological polar surface area (TPSA) is 23.5 Å². The summed E-state index contributed by atoms with van der Waals surface area (Å²) in [5.41, 5.74) is 6.65. The molecule has 1 aliphatic carbocycles. The van der Waals surface area contributed by atoms with E-state index in [9.17, 15) is 5.11 Å². The van der Waals surface area contributed by atoms with Gasteiger partial charge < -0.3 is 5.11 Å². The van der Waals surface area contributed by atoms with E-state index in [1.807, 2.05) is 30.3 Å². The van der Waals surface area contributed by atoms with Crippen molar-refractivity contribution in [1.29, 1.82) is 0 Å². The van der Waals surface area contributed by atoms with Crippen LogP contribution in [0.5, 0.6) is 0 Å². The average molecular weight is 374 g/mol. The maximum Gasteiger partial charge on any atom is 0.0802 e. The molecule has 1 atom stereocenters. The van der Waals surface area contributed by atoms with E-state index in [1.54, 1.807) is 0 Å². The minimum Gasteiger partial charge on any atom is -0.388 e. The molecule has 2 nitrogen and oxygen atoms in total. The molecule has 1 N–H and O–H groups in total. The van der Waals surface area contributed by atoms with E-state index in [0.717, 1.165) is 49.5 Å². The van der Waals surface area contributed by atoms with Gasteiger partial charge in [0.15, 0.2) is 0 Å². The number of aliphatic hydroxyl groups is 1. The highest BCUT2D eigenvalue weighted by molar-refractivity contribution is 6.31. The third-order valence-electron chi connectivity index (χ3n) is 5.27. The molecule has 0 spiro atoms. The predicted molar refractivity (Wildman–Crippen MR) is 104 cm³/mol. The molecular weight excluding hydrogens is 353 g/mol. The molecule has 2 aliphatic rings. The van der Waals surface area contributed by atoms with Crippen LogP contribution in [0.4, 0.5) is 0 Å². The minimum atomic E-state index is -0.464. The summed E-state index contributed by atoms with van der Waals surface area (Å²) in [4.78, 5) is 2.44. The number of aliphatic hydroxyl groups excluding tert-OH is 1. The fraction of sp³-hybridized carbons (Fsp3) is 0.333. The zero-order valence-corrected chi connectivity index (χ0v) is 15.5. The first-order valence-electron chi connectivity index (χ1n) is 8.76. The maximum atomic E-state index is 10.4. The zero-order chi connectivity index (χ0) is 17.4. The fourth-order valence-corrected chi connectivity index (χ4v) is 4.34. The number of benzene rings is 2. The van der Waals surface area contributed by atoms with Gasteiger partial charge in [-0.05, 0) is 71.4 Å². The van der Waals surface area contributed by atoms with Gasteiger partial charge in [0.05, 0.1) is 6.10 Å². The highest BCUT2D eigenvalue weighted by Crippen LogP contribution is 2.39. The molecule has 0 aromatic heterocycles. The first kappa shape index (κ1) is 17.1. The molecule has 4 heteroatoms. The van der Waals surface area contributed by atoms with E-state index in [2.05, 4.69) is 17.0 Å². The van der Waals surface area contributed by atoms with Crippen LogP contribution in [-0.4, -0.2) is 29.6 Å². The van der Waals surface area contributed by atoms with Crippen LogP contribution in [-0.2, 0) is 6.42 Å². The summed E-state index contributed by atoms with van der Waals surface area (Å²) < 4.78 is 0. The van der Waals surface area contributed by atoms with Gasteiger partial charge >= 0.3 is 0 Å². The van der Waals surface area contributed by atoms with Crippen LogP contribution in [0, 0.1) is 0 Å². The normalized spacial score (nSPS) is 18.2. The Morgan fingerprint density at radius 3 is 2.76 bits per heavy atom. The summed E-state index contributed by atoms with van der Waals surface area (Å²) in [6.45, 7) is 2.92. The van der Waals surface area contributed by atoms with E-state index < -0.39 is 6.10 Å². The van der Waals surface area contributed by atoms with E-state index in [-0.39, 0.29) is 0 Å². The second kappa shape index (κ2) is 7.13. The van der Waals surface area contributed by atoms with Gasteiger partial charge in [-0.1, -0.05) is 41.4 Å². The van der Waals surface area contributed by atoms with E-state index >= 15 is 0 Å². The molecule has 1 aliphatic heterocycles. The second-order valence-corrected chi connectivity index (χ2v) is 7.82. The molecule has 1 unspecified atom stereocenters. The Labute approximate surface area is 158 Å². The first-order valence-corrected chi connectivity index (χ1v) is 9.51. The molecule has 1 heterocycles. The summed E-state index contributed by atoms with van der Waals surface area (Å²) in [6, 6.07) is 13.8. The number of hydrogen-bond donors (Lipinski definition) is 1. The number of nitrogens with zero attached hydrogens (tertiary/aromatic N) is 1. The first-order chi connectivity index (χ1) is 12.1. The largest absolute Gasteiger partial charge is 0.388 e. The zero-order valence-electron chi connectivity index (χ0n) is 14.0. The molecule has 0 saturated heterocycles. The van der Waals surface area contributed by atoms with Crippen molar-refractivity contribution in [1.82, 2.24) is 4.90 Å². The average Bonchev–Trinajstić information content (AvgIpc) is 2.96. The summed E-state index contributed by atoms with van der Waals surface area (Å²) in [6.07, 6.45) is 2.36. The molecule has 130 valence electrons. The molecule has 2 aromatic carbocycles. The highest BCUT2D eigenvalue weighted by atomic mass is 35.5. The van der Waals surface area contributed by atoms with Crippen molar-refractivity contribution in [2.24, 2.45) is 0 Å². The standard InChI is InChI=1S/C21H21Cl2NO/c22-17-3-1-2-15(11-17)21(25)7-9-24-8-6-19-16(13-24)10-14-4-5-18(23)12-20(14)19/h1-5,11-12,21,25H,6-10,13H2. The van der Waals surface area contributed by atoms with Gasteiger partial charge in [-0.2, -0.15) is 0 Å². The highest BCUT2D eigenvalue weighted by Gasteiger charge is 2.27. The van der Waals surface area contributed by atoms with E-state index in [1.165, 1.54) is 22.3 Å². The summed E-state index contributed by atoms with van der Waals surface area (Å²) in [5.74, 6) is 0. The summed E-state index contributed by atoms with van der Waals surface area (Å²) in [5, 5.41) is 11.9. The van der Waals surface area contributed by atoms with Crippen molar-refractivity contribution in [2.75, 3.05) is 19.6 Å². The van der Waals surface area contributed by atoms with Crippen molar-refractivity contribution >= 4 is 28.8 Å². The number of hydrogen-bond acceptors (Lipinski definition) is 2. The van der Waals surface area contributed by atoms with Crippen LogP contribution in [0.15, 0.2) is 48.0 Å². The van der Waals surface area contributed by atoms with Gasteiger partial charge in [0.25, 0.3) is 0 Å². The molecule has 0 saturated carbocycles. The summed E-state index contributed by atoms with van der Waals surface area (Å²) in [7, 11) is 0. The van der Waals surface area contributed by atoms with E-state index in [4.69, 9.17) is 23.2 Å². The molecular formula is C21H21Cl2NO. The van der Waals surface area contributed by atoms with Gasteiger partial charge in [-0.25, -0.2) is 0 Å². The number of rotatable bonds is 4. The molecule has 25 heavy (non-hydrogen) atoms. The molecule has 0 fully saturated rings. The van der Waals surface area contributed by atoms with Crippen molar-refractivity contribution in [2.45, 2.75) is 25.4 Å². The van der Waals surface area contributed by atoms with E-state index in [0.29, 0.717) is 5.02 Å². The minimum absolute atomic E-state index is 0.464. The number of fused-ring (bicyclic) bond motifs is 2. The van der Waals surface area contributed by atoms with Crippen LogP contribution in [0.1, 0.15) is 35.6 Å². The monoisotopic (exact) mass is 373 g/mol. The maximum absolute atomic E-state index is 10.4. The molecule has 0 amide bonds. The smallest absolute Gasteiger partial charge is 0.0802 e. The van der Waals surface area contributed by atoms with Gasteiger partial charge in [0.2, 0.25) is 0 Å². The van der Waals surface area contributed by atoms with Crippen molar-refractivity contribution in [3.63, 3.8) is 0 Å². The van der Waals surface area contributed by atoms with Crippen LogP contribution in [0.25, 0.3) is 5.57 Å². The lowest BCUT2D eigenvalue weighted by Gasteiger charge is -2.29. The Morgan fingerprint density at radius 2 is 1.92 bits per heavy atom. The second-order valence-electron chi connectivity index (χ2n) is 6.95. The predicted octanol–water partition coefficient (Wildman–Crippen LogP) is 5.13. The van der Waals surface area contributed by atoms with Crippen LogP contribution in [0.3, 0.4) is 0 Å². The quantitative estimate of drug-likeness (QED) is 0.802. The third kappa shape index (κ3) is 3.63. The van der Waals surface area contributed by atoms with Crippen LogP contribution < -0.4 is 0 Å². The van der Waals surface area contributed by atoms with Gasteiger partial charge in [-0.3, -0.25) is 4.90 Å². The van der Waals surface area contributed by atoms with Crippen LogP contribution >= 0.6 is 23.2 Å². The Hall–Kier alpha value is -1.32. The van der Waals surface area contributed by atoms with Gasteiger partial charge in [-0.15, -0.1) is 0 Å².